The highest BCUT2D eigenvalue weighted by molar-refractivity contribution is 5.96. The molecule has 7 heteroatoms. The third-order valence-electron chi connectivity index (χ3n) is 5.34. The number of anilines is 1. The normalized spacial score (nSPS) is 18.0. The van der Waals surface area contributed by atoms with Crippen LogP contribution in [0.25, 0.3) is 0 Å². The van der Waals surface area contributed by atoms with Crippen LogP contribution in [-0.4, -0.2) is 77.4 Å². The van der Waals surface area contributed by atoms with E-state index in [-0.39, 0.29) is 18.5 Å². The zero-order chi connectivity index (χ0) is 19.3. The van der Waals surface area contributed by atoms with E-state index in [0.29, 0.717) is 26.2 Å². The molecule has 1 aromatic carbocycles. The van der Waals surface area contributed by atoms with Crippen LogP contribution in [0.4, 0.5) is 10.5 Å². The molecular weight excluding hydrogens is 354 g/mol. The van der Waals surface area contributed by atoms with Crippen molar-refractivity contribution in [2.24, 2.45) is 0 Å². The van der Waals surface area contributed by atoms with E-state index in [0.717, 1.165) is 25.3 Å². The van der Waals surface area contributed by atoms with Crippen molar-refractivity contribution in [2.45, 2.75) is 6.54 Å². The number of carbonyl (C=O) groups is 2. The summed E-state index contributed by atoms with van der Waals surface area (Å²) >= 11 is 0. The lowest BCUT2D eigenvalue weighted by Crippen LogP contribution is -2.51. The van der Waals surface area contributed by atoms with Crippen LogP contribution in [0.3, 0.4) is 0 Å². The van der Waals surface area contributed by atoms with E-state index in [2.05, 4.69) is 16.0 Å². The summed E-state index contributed by atoms with van der Waals surface area (Å²) in [5.41, 5.74) is 2.07. The first-order valence-corrected chi connectivity index (χ1v) is 9.71. The van der Waals surface area contributed by atoms with Crippen molar-refractivity contribution < 1.29 is 9.59 Å². The fourth-order valence-electron chi connectivity index (χ4n) is 3.75. The summed E-state index contributed by atoms with van der Waals surface area (Å²) < 4.78 is 0. The maximum Gasteiger partial charge on any atom is 0.325 e. The van der Waals surface area contributed by atoms with Crippen molar-refractivity contribution in [3.63, 3.8) is 0 Å². The third kappa shape index (κ3) is 4.14. The zero-order valence-corrected chi connectivity index (χ0v) is 15.9. The van der Waals surface area contributed by atoms with Gasteiger partial charge in [0.2, 0.25) is 5.91 Å². The molecule has 7 nitrogen and oxygen atoms in total. The van der Waals surface area contributed by atoms with Crippen molar-refractivity contribution in [1.29, 1.82) is 0 Å². The van der Waals surface area contributed by atoms with Crippen LogP contribution >= 0.6 is 0 Å². The summed E-state index contributed by atoms with van der Waals surface area (Å²) in [5, 5.41) is 0. The maximum absolute atomic E-state index is 12.7. The van der Waals surface area contributed by atoms with E-state index in [1.807, 2.05) is 47.5 Å². The van der Waals surface area contributed by atoms with Crippen LogP contribution in [0, 0.1) is 0 Å². The largest absolute Gasteiger partial charge is 0.339 e. The van der Waals surface area contributed by atoms with Gasteiger partial charge in [0.1, 0.15) is 6.54 Å². The lowest BCUT2D eigenvalue weighted by Gasteiger charge is -2.35. The molecule has 0 N–H and O–H groups in total. The van der Waals surface area contributed by atoms with Crippen LogP contribution in [0.15, 0.2) is 54.9 Å². The maximum atomic E-state index is 12.7. The first-order valence-electron chi connectivity index (χ1n) is 9.71. The molecule has 0 spiro atoms. The van der Waals surface area contributed by atoms with E-state index >= 15 is 0 Å². The van der Waals surface area contributed by atoms with Gasteiger partial charge in [-0.1, -0.05) is 24.3 Å². The summed E-state index contributed by atoms with van der Waals surface area (Å²) in [6, 6.07) is 13.5. The van der Waals surface area contributed by atoms with Crippen molar-refractivity contribution >= 4 is 17.6 Å². The molecule has 0 saturated carbocycles. The van der Waals surface area contributed by atoms with Gasteiger partial charge >= 0.3 is 6.03 Å². The average molecular weight is 379 g/mol. The van der Waals surface area contributed by atoms with Gasteiger partial charge in [-0.05, 0) is 23.8 Å². The second-order valence-corrected chi connectivity index (χ2v) is 7.21. The van der Waals surface area contributed by atoms with Crippen LogP contribution in [0.2, 0.25) is 0 Å². The molecule has 4 rings (SSSR count). The highest BCUT2D eigenvalue weighted by atomic mass is 16.2. The Morgan fingerprint density at radius 3 is 2.43 bits per heavy atom. The van der Waals surface area contributed by atoms with Crippen molar-refractivity contribution in [1.82, 2.24) is 19.7 Å². The Morgan fingerprint density at radius 1 is 0.929 bits per heavy atom. The number of amides is 3. The Balaban J connectivity index is 1.26. The molecule has 0 atom stereocenters. The number of carbonyl (C=O) groups excluding carboxylic acids is 2. The molecule has 28 heavy (non-hydrogen) atoms. The number of rotatable bonds is 5. The zero-order valence-electron chi connectivity index (χ0n) is 15.9. The molecule has 0 unspecified atom stereocenters. The summed E-state index contributed by atoms with van der Waals surface area (Å²) in [6.45, 7) is 5.29. The standard InChI is InChI=1S/C21H25N5O2/c27-20(17-25-13-14-26(21(25)28)19-6-2-1-3-7-19)24-11-9-23(10-12-24)16-18-5-4-8-22-15-18/h1-8,15H,9-14,16-17H2. The molecule has 0 aliphatic carbocycles. The minimum atomic E-state index is -0.0882. The fourth-order valence-corrected chi connectivity index (χ4v) is 3.75. The van der Waals surface area contributed by atoms with Gasteiger partial charge in [0.05, 0.1) is 0 Å². The number of pyridine rings is 1. The second-order valence-electron chi connectivity index (χ2n) is 7.21. The Labute approximate surface area is 165 Å². The molecule has 3 heterocycles. The first-order chi connectivity index (χ1) is 13.7. The van der Waals surface area contributed by atoms with E-state index in [1.165, 1.54) is 5.56 Å². The molecular formula is C21H25N5O2. The van der Waals surface area contributed by atoms with E-state index in [4.69, 9.17) is 0 Å². The minimum Gasteiger partial charge on any atom is -0.339 e. The smallest absolute Gasteiger partial charge is 0.325 e. The quantitative estimate of drug-likeness (QED) is 0.793. The van der Waals surface area contributed by atoms with Gasteiger partial charge in [-0.25, -0.2) is 4.79 Å². The van der Waals surface area contributed by atoms with Gasteiger partial charge in [0, 0.05) is 63.9 Å². The molecule has 3 amide bonds. The molecule has 2 aliphatic heterocycles. The van der Waals surface area contributed by atoms with Crippen LogP contribution in [0.5, 0.6) is 0 Å². The minimum absolute atomic E-state index is 0.0317. The molecule has 146 valence electrons. The van der Waals surface area contributed by atoms with Crippen LogP contribution in [0.1, 0.15) is 5.56 Å². The Kier molecular flexibility index (Phi) is 5.53. The molecule has 1 aromatic heterocycles. The van der Waals surface area contributed by atoms with Crippen molar-refractivity contribution in [3.05, 3.63) is 60.4 Å². The summed E-state index contributed by atoms with van der Waals surface area (Å²) in [5.74, 6) is 0.0317. The van der Waals surface area contributed by atoms with E-state index < -0.39 is 0 Å². The number of benzene rings is 1. The number of piperazine rings is 1. The van der Waals surface area contributed by atoms with Crippen LogP contribution < -0.4 is 4.90 Å². The number of hydrogen-bond donors (Lipinski definition) is 0. The molecule has 2 saturated heterocycles. The number of hydrogen-bond acceptors (Lipinski definition) is 4. The van der Waals surface area contributed by atoms with Gasteiger partial charge in [-0.2, -0.15) is 0 Å². The Hall–Kier alpha value is -2.93. The SMILES string of the molecule is O=C(CN1CCN(c2ccccc2)C1=O)N1CCN(Cc2cccnc2)CC1. The Morgan fingerprint density at radius 2 is 1.71 bits per heavy atom. The summed E-state index contributed by atoms with van der Waals surface area (Å²) in [4.78, 5) is 37.1. The molecule has 2 fully saturated rings. The van der Waals surface area contributed by atoms with Gasteiger partial charge in [-0.15, -0.1) is 0 Å². The summed E-state index contributed by atoms with van der Waals surface area (Å²) in [6.07, 6.45) is 3.66. The van der Waals surface area contributed by atoms with Crippen LogP contribution in [-0.2, 0) is 11.3 Å². The number of aromatic nitrogens is 1. The monoisotopic (exact) mass is 379 g/mol. The molecule has 0 radical (unpaired) electrons. The highest BCUT2D eigenvalue weighted by Crippen LogP contribution is 2.20. The van der Waals surface area contributed by atoms with E-state index in [9.17, 15) is 9.59 Å². The Bertz CT molecular complexity index is 806. The fraction of sp³-hybridized carbons (Fsp3) is 0.381. The highest BCUT2D eigenvalue weighted by Gasteiger charge is 2.32. The third-order valence-corrected chi connectivity index (χ3v) is 5.34. The van der Waals surface area contributed by atoms with E-state index in [1.54, 1.807) is 16.0 Å². The number of urea groups is 1. The predicted molar refractivity (Wildman–Crippen MR) is 107 cm³/mol. The molecule has 2 aliphatic rings. The topological polar surface area (TPSA) is 60.0 Å². The second kappa shape index (κ2) is 8.39. The molecule has 2 aromatic rings. The predicted octanol–water partition coefficient (Wildman–Crippen LogP) is 1.67. The van der Waals surface area contributed by atoms with Gasteiger partial charge in [0.15, 0.2) is 0 Å². The lowest BCUT2D eigenvalue weighted by molar-refractivity contribution is -0.133. The number of para-hydroxylation sites is 1. The molecule has 0 bridgehead atoms. The summed E-state index contributed by atoms with van der Waals surface area (Å²) in [7, 11) is 0. The van der Waals surface area contributed by atoms with Crippen molar-refractivity contribution in [2.75, 3.05) is 50.7 Å². The van der Waals surface area contributed by atoms with Gasteiger partial charge in [-0.3, -0.25) is 19.6 Å². The van der Waals surface area contributed by atoms with Crippen molar-refractivity contribution in [3.8, 4) is 0 Å². The first kappa shape index (κ1) is 18.4. The lowest BCUT2D eigenvalue weighted by atomic mass is 10.2. The van der Waals surface area contributed by atoms with Gasteiger partial charge < -0.3 is 9.80 Å². The average Bonchev–Trinajstić information content (AvgIpc) is 3.10. The number of nitrogens with zero attached hydrogens (tertiary/aromatic N) is 5. The van der Waals surface area contributed by atoms with Gasteiger partial charge in [0.25, 0.3) is 0 Å².